The lowest BCUT2D eigenvalue weighted by atomic mass is 10.1. The predicted molar refractivity (Wildman–Crippen MR) is 53.1 cm³/mol. The molecule has 80 valence electrons. The van der Waals surface area contributed by atoms with E-state index < -0.39 is 18.5 Å². The van der Waals surface area contributed by atoms with Crippen LogP contribution in [0.25, 0.3) is 0 Å². The van der Waals surface area contributed by atoms with Gasteiger partial charge in [0.05, 0.1) is 13.2 Å². The van der Waals surface area contributed by atoms with Gasteiger partial charge in [0.2, 0.25) is 0 Å². The maximum atomic E-state index is 13.0. The van der Waals surface area contributed by atoms with Crippen molar-refractivity contribution in [2.45, 2.75) is 6.04 Å². The van der Waals surface area contributed by atoms with Gasteiger partial charge in [0.1, 0.15) is 18.2 Å². The minimum Gasteiger partial charge on any atom is -0.497 e. The second-order valence-corrected chi connectivity index (χ2v) is 2.65. The predicted octanol–water partition coefficient (Wildman–Crippen LogP) is 2.23. The Morgan fingerprint density at radius 1 is 1.50 bits per heavy atom. The van der Waals surface area contributed by atoms with Crippen LogP contribution in [-0.2, 0) is 0 Å². The molecule has 0 unspecified atom stereocenters. The Morgan fingerprint density at radius 2 is 2.14 bits per heavy atom. The van der Waals surface area contributed by atoms with Gasteiger partial charge < -0.3 is 10.5 Å². The number of benzene rings is 1. The van der Waals surface area contributed by atoms with Crippen molar-refractivity contribution in [2.75, 3.05) is 13.8 Å². The first-order valence-corrected chi connectivity index (χ1v) is 3.84. The normalized spacial score (nSPS) is 11.7. The second-order valence-electron chi connectivity index (χ2n) is 2.65. The van der Waals surface area contributed by atoms with E-state index in [-0.39, 0.29) is 18.0 Å². The molecule has 1 rings (SSSR count). The molecule has 0 bridgehead atoms. The highest BCUT2D eigenvalue weighted by Gasteiger charge is 2.11. The lowest BCUT2D eigenvalue weighted by Crippen LogP contribution is -2.14. The summed E-state index contributed by atoms with van der Waals surface area (Å²) >= 11 is 0. The van der Waals surface area contributed by atoms with Gasteiger partial charge in [-0.3, -0.25) is 0 Å². The van der Waals surface area contributed by atoms with Crippen LogP contribution >= 0.6 is 12.4 Å². The van der Waals surface area contributed by atoms with Crippen molar-refractivity contribution in [3.05, 3.63) is 29.6 Å². The van der Waals surface area contributed by atoms with E-state index in [0.717, 1.165) is 0 Å². The molecule has 2 nitrogen and oxygen atoms in total. The summed E-state index contributed by atoms with van der Waals surface area (Å²) < 4.78 is 30.1. The van der Waals surface area contributed by atoms with Crippen molar-refractivity contribution >= 4 is 12.4 Å². The summed E-state index contributed by atoms with van der Waals surface area (Å²) in [6.07, 6.45) is 0. The summed E-state index contributed by atoms with van der Waals surface area (Å²) in [5, 5.41) is 0. The molecule has 14 heavy (non-hydrogen) atoms. The summed E-state index contributed by atoms with van der Waals surface area (Å²) in [7, 11) is 1.46. The molecule has 0 aliphatic carbocycles. The summed E-state index contributed by atoms with van der Waals surface area (Å²) in [4.78, 5) is 0. The second kappa shape index (κ2) is 5.78. The van der Waals surface area contributed by atoms with Gasteiger partial charge >= 0.3 is 0 Å². The third-order valence-corrected chi connectivity index (χ3v) is 1.77. The van der Waals surface area contributed by atoms with E-state index in [1.54, 1.807) is 0 Å². The van der Waals surface area contributed by atoms with Crippen molar-refractivity contribution in [3.8, 4) is 5.75 Å². The van der Waals surface area contributed by atoms with Crippen LogP contribution in [0.5, 0.6) is 5.75 Å². The monoisotopic (exact) mass is 223 g/mol. The third kappa shape index (κ3) is 2.82. The average Bonchev–Trinajstić information content (AvgIpc) is 2.17. The molecule has 1 atom stereocenters. The highest BCUT2D eigenvalue weighted by molar-refractivity contribution is 5.85. The minimum absolute atomic E-state index is 0. The molecule has 5 heteroatoms. The number of halogens is 3. The first-order valence-electron chi connectivity index (χ1n) is 3.84. The molecular weight excluding hydrogens is 212 g/mol. The van der Waals surface area contributed by atoms with E-state index in [0.29, 0.717) is 5.75 Å². The van der Waals surface area contributed by atoms with Gasteiger partial charge in [-0.2, -0.15) is 0 Å². The van der Waals surface area contributed by atoms with Gasteiger partial charge in [-0.15, -0.1) is 12.4 Å². The van der Waals surface area contributed by atoms with Crippen molar-refractivity contribution in [3.63, 3.8) is 0 Å². The van der Waals surface area contributed by atoms with Crippen molar-refractivity contribution in [1.29, 1.82) is 0 Å². The third-order valence-electron chi connectivity index (χ3n) is 1.77. The SMILES string of the molecule is COc1ccc(F)c([C@@H](N)CF)c1.Cl. The minimum atomic E-state index is -0.921. The molecule has 0 heterocycles. The maximum Gasteiger partial charge on any atom is 0.128 e. The Hall–Kier alpha value is -0.870. The van der Waals surface area contributed by atoms with Crippen LogP contribution in [0, 0.1) is 5.82 Å². The van der Waals surface area contributed by atoms with Gasteiger partial charge in [0, 0.05) is 5.56 Å². The van der Waals surface area contributed by atoms with E-state index in [4.69, 9.17) is 10.5 Å². The Labute approximate surface area is 87.5 Å². The molecule has 0 aliphatic heterocycles. The van der Waals surface area contributed by atoms with Crippen molar-refractivity contribution in [2.24, 2.45) is 5.73 Å². The Bertz CT molecular complexity index is 296. The molecule has 1 aromatic rings. The zero-order chi connectivity index (χ0) is 9.84. The molecule has 1 aromatic carbocycles. The number of nitrogens with two attached hydrogens (primary N) is 1. The summed E-state index contributed by atoms with van der Waals surface area (Å²) in [6, 6.07) is 3.16. The Balaban J connectivity index is 0.00000169. The van der Waals surface area contributed by atoms with Crippen LogP contribution in [-0.4, -0.2) is 13.8 Å². The molecule has 0 aromatic heterocycles. The van der Waals surface area contributed by atoms with Gasteiger partial charge in [-0.05, 0) is 18.2 Å². The fourth-order valence-electron chi connectivity index (χ4n) is 1.02. The molecule has 2 N–H and O–H groups in total. The summed E-state index contributed by atoms with van der Waals surface area (Å²) in [5.74, 6) is -0.0359. The average molecular weight is 224 g/mol. The molecule has 0 amide bonds. The summed E-state index contributed by atoms with van der Waals surface area (Å²) in [6.45, 7) is -0.788. The molecular formula is C9H12ClF2NO. The van der Waals surface area contributed by atoms with Crippen LogP contribution in [0.3, 0.4) is 0 Å². The zero-order valence-electron chi connectivity index (χ0n) is 7.67. The molecule has 0 spiro atoms. The number of ether oxygens (including phenoxy) is 1. The highest BCUT2D eigenvalue weighted by Crippen LogP contribution is 2.21. The van der Waals surface area contributed by atoms with Crippen LogP contribution in [0.1, 0.15) is 11.6 Å². The lowest BCUT2D eigenvalue weighted by Gasteiger charge is -2.10. The van der Waals surface area contributed by atoms with Crippen molar-refractivity contribution < 1.29 is 13.5 Å². The van der Waals surface area contributed by atoms with Crippen LogP contribution in [0.15, 0.2) is 18.2 Å². The molecule has 0 fully saturated rings. The highest BCUT2D eigenvalue weighted by atomic mass is 35.5. The van der Waals surface area contributed by atoms with E-state index in [1.807, 2.05) is 0 Å². The van der Waals surface area contributed by atoms with Crippen LogP contribution in [0.2, 0.25) is 0 Å². The topological polar surface area (TPSA) is 35.2 Å². The van der Waals surface area contributed by atoms with Crippen LogP contribution in [0.4, 0.5) is 8.78 Å². The van der Waals surface area contributed by atoms with Crippen molar-refractivity contribution in [1.82, 2.24) is 0 Å². The van der Waals surface area contributed by atoms with Gasteiger partial charge in [-0.25, -0.2) is 8.78 Å². The quantitative estimate of drug-likeness (QED) is 0.853. The maximum absolute atomic E-state index is 13.0. The fraction of sp³-hybridized carbons (Fsp3) is 0.333. The largest absolute Gasteiger partial charge is 0.497 e. The molecule has 0 saturated heterocycles. The number of alkyl halides is 1. The molecule has 0 aliphatic rings. The van der Waals surface area contributed by atoms with E-state index in [9.17, 15) is 8.78 Å². The van der Waals surface area contributed by atoms with Gasteiger partial charge in [0.25, 0.3) is 0 Å². The Kier molecular flexibility index (Phi) is 5.42. The first kappa shape index (κ1) is 13.1. The van der Waals surface area contributed by atoms with Gasteiger partial charge in [-0.1, -0.05) is 0 Å². The number of rotatable bonds is 3. The lowest BCUT2D eigenvalue weighted by molar-refractivity contribution is 0.404. The standard InChI is InChI=1S/C9H11F2NO.ClH/c1-13-6-2-3-8(11)7(4-6)9(12)5-10;/h2-4,9H,5,12H2,1H3;1H/t9-;/m0./s1. The van der Waals surface area contributed by atoms with E-state index in [2.05, 4.69) is 0 Å². The fourth-order valence-corrected chi connectivity index (χ4v) is 1.02. The molecule has 0 saturated carbocycles. The number of hydrogen-bond donors (Lipinski definition) is 1. The van der Waals surface area contributed by atoms with E-state index >= 15 is 0 Å². The first-order chi connectivity index (χ1) is 6.19. The zero-order valence-corrected chi connectivity index (χ0v) is 8.48. The van der Waals surface area contributed by atoms with Crippen LogP contribution < -0.4 is 10.5 Å². The molecule has 0 radical (unpaired) electrons. The smallest absolute Gasteiger partial charge is 0.128 e. The Morgan fingerprint density at radius 3 is 2.64 bits per heavy atom. The number of methoxy groups -OCH3 is 1. The van der Waals surface area contributed by atoms with E-state index in [1.165, 1.54) is 25.3 Å². The van der Waals surface area contributed by atoms with Gasteiger partial charge in [0.15, 0.2) is 0 Å². The number of hydrogen-bond acceptors (Lipinski definition) is 2. The summed E-state index contributed by atoms with van der Waals surface area (Å²) in [5.41, 5.74) is 5.49.